The average molecular weight is 343 g/mol. The number of carbonyl (C=O) groups excluding carboxylic acids is 1. The molecule has 1 amide bonds. The third-order valence-corrected chi connectivity index (χ3v) is 4.82. The van der Waals surface area contributed by atoms with Gasteiger partial charge in [-0.1, -0.05) is 48.5 Å². The van der Waals surface area contributed by atoms with Crippen molar-refractivity contribution in [3.8, 4) is 0 Å². The molecule has 1 heterocycles. The van der Waals surface area contributed by atoms with Crippen LogP contribution >= 0.6 is 0 Å². The molecule has 130 valence electrons. The molecular weight excluding hydrogens is 322 g/mol. The molecule has 3 aromatic carbocycles. The Labute approximate surface area is 152 Å². The first kappa shape index (κ1) is 16.2. The number of hydrogen-bond acceptors (Lipinski definition) is 2. The lowest BCUT2D eigenvalue weighted by molar-refractivity contribution is -0.118. The zero-order valence-electron chi connectivity index (χ0n) is 14.6. The Bertz CT molecular complexity index is 1080. The number of amides is 1. The van der Waals surface area contributed by atoms with Gasteiger partial charge in [0.2, 0.25) is 5.91 Å². The molecule has 0 saturated carbocycles. The predicted molar refractivity (Wildman–Crippen MR) is 107 cm³/mol. The number of aryl methyl sites for hydroxylation is 1. The van der Waals surface area contributed by atoms with Gasteiger partial charge in [-0.15, -0.1) is 0 Å². The molecule has 1 aromatic heterocycles. The number of fused-ring (bicyclic) bond motifs is 3. The number of hydrogen-bond donors (Lipinski definition) is 2. The number of carbonyl (C=O) groups is 1. The van der Waals surface area contributed by atoms with Gasteiger partial charge in [0.1, 0.15) is 6.04 Å². The number of nitrogens with two attached hydrogens (primary N) is 1. The molecule has 0 aliphatic rings. The van der Waals surface area contributed by atoms with E-state index < -0.39 is 11.9 Å². The quantitative estimate of drug-likeness (QED) is 0.562. The van der Waals surface area contributed by atoms with Crippen molar-refractivity contribution < 1.29 is 4.79 Å². The molecule has 4 heteroatoms. The highest BCUT2D eigenvalue weighted by Gasteiger charge is 2.18. The van der Waals surface area contributed by atoms with E-state index in [1.54, 1.807) is 0 Å². The van der Waals surface area contributed by atoms with E-state index in [-0.39, 0.29) is 0 Å². The van der Waals surface area contributed by atoms with E-state index in [2.05, 4.69) is 53.2 Å². The van der Waals surface area contributed by atoms with Crippen LogP contribution in [-0.4, -0.2) is 10.5 Å². The number of aromatic nitrogens is 1. The fraction of sp³-hybridized carbons (Fsp3) is 0.136. The Morgan fingerprint density at radius 2 is 1.65 bits per heavy atom. The predicted octanol–water partition coefficient (Wildman–Crippen LogP) is 4.45. The molecule has 4 rings (SSSR count). The van der Waals surface area contributed by atoms with Crippen molar-refractivity contribution in [2.24, 2.45) is 5.73 Å². The second kappa shape index (κ2) is 6.56. The van der Waals surface area contributed by atoms with Crippen molar-refractivity contribution in [3.05, 3.63) is 78.4 Å². The fourth-order valence-corrected chi connectivity index (χ4v) is 3.62. The Morgan fingerprint density at radius 3 is 2.38 bits per heavy atom. The average Bonchev–Trinajstić information content (AvgIpc) is 2.99. The first-order valence-corrected chi connectivity index (χ1v) is 8.81. The second-order valence-corrected chi connectivity index (χ2v) is 6.38. The zero-order valence-corrected chi connectivity index (χ0v) is 14.6. The highest BCUT2D eigenvalue weighted by molar-refractivity contribution is 6.09. The molecule has 0 saturated heterocycles. The van der Waals surface area contributed by atoms with Gasteiger partial charge in [0, 0.05) is 34.0 Å². The van der Waals surface area contributed by atoms with Gasteiger partial charge in [-0.3, -0.25) is 4.79 Å². The lowest BCUT2D eigenvalue weighted by Gasteiger charge is -2.17. The number of nitrogens with zero attached hydrogens (tertiary/aromatic N) is 1. The monoisotopic (exact) mass is 343 g/mol. The van der Waals surface area contributed by atoms with E-state index >= 15 is 0 Å². The van der Waals surface area contributed by atoms with Crippen LogP contribution in [-0.2, 0) is 11.3 Å². The minimum Gasteiger partial charge on any atom is -0.370 e. The lowest BCUT2D eigenvalue weighted by Crippen LogP contribution is -2.27. The molecule has 0 fully saturated rings. The van der Waals surface area contributed by atoms with Crippen LogP contribution in [0.25, 0.3) is 21.8 Å². The molecule has 0 unspecified atom stereocenters. The van der Waals surface area contributed by atoms with Gasteiger partial charge in [-0.25, -0.2) is 0 Å². The summed E-state index contributed by atoms with van der Waals surface area (Å²) in [7, 11) is 0. The summed E-state index contributed by atoms with van der Waals surface area (Å²) in [6.45, 7) is 3.06. The van der Waals surface area contributed by atoms with E-state index in [9.17, 15) is 4.79 Å². The highest BCUT2D eigenvalue weighted by atomic mass is 16.1. The highest BCUT2D eigenvalue weighted by Crippen LogP contribution is 2.32. The molecule has 1 atom stereocenters. The third-order valence-electron chi connectivity index (χ3n) is 4.82. The largest absolute Gasteiger partial charge is 0.370 e. The number of rotatable bonds is 5. The van der Waals surface area contributed by atoms with Gasteiger partial charge >= 0.3 is 0 Å². The molecule has 26 heavy (non-hydrogen) atoms. The smallest absolute Gasteiger partial charge is 0.244 e. The number of primary amides is 1. The third kappa shape index (κ3) is 2.69. The van der Waals surface area contributed by atoms with E-state index in [1.165, 1.54) is 21.8 Å². The number of anilines is 1. The Balaban J connectivity index is 1.80. The van der Waals surface area contributed by atoms with E-state index in [0.29, 0.717) is 0 Å². The van der Waals surface area contributed by atoms with Crippen LogP contribution in [0.5, 0.6) is 0 Å². The maximum Gasteiger partial charge on any atom is 0.244 e. The molecule has 0 aliphatic heterocycles. The summed E-state index contributed by atoms with van der Waals surface area (Å²) < 4.78 is 2.30. The van der Waals surface area contributed by atoms with Crippen molar-refractivity contribution >= 4 is 33.4 Å². The van der Waals surface area contributed by atoms with Gasteiger partial charge in [0.05, 0.1) is 0 Å². The van der Waals surface area contributed by atoms with Crippen molar-refractivity contribution in [2.45, 2.75) is 19.5 Å². The van der Waals surface area contributed by atoms with Crippen LogP contribution in [0.4, 0.5) is 5.69 Å². The number of benzene rings is 3. The van der Waals surface area contributed by atoms with Crippen LogP contribution in [0.15, 0.2) is 72.8 Å². The standard InChI is InChI=1S/C22H21N3O/c1-2-25-19-11-7-6-10-17(19)18-14-16(12-13-20(18)25)24-21(22(23)26)15-8-4-3-5-9-15/h3-14,21,24H,2H2,1H3,(H2,23,26)/t21-/m1/s1. The topological polar surface area (TPSA) is 60.1 Å². The minimum absolute atomic E-state index is 0.396. The molecule has 4 aromatic rings. The van der Waals surface area contributed by atoms with E-state index in [0.717, 1.165) is 17.8 Å². The summed E-state index contributed by atoms with van der Waals surface area (Å²) in [5.74, 6) is -0.396. The number of para-hydroxylation sites is 1. The Hall–Kier alpha value is -3.27. The number of nitrogens with one attached hydrogen (secondary N) is 1. The van der Waals surface area contributed by atoms with Crippen molar-refractivity contribution in [3.63, 3.8) is 0 Å². The minimum atomic E-state index is -0.562. The van der Waals surface area contributed by atoms with Crippen molar-refractivity contribution in [1.29, 1.82) is 0 Å². The van der Waals surface area contributed by atoms with Gasteiger partial charge in [0.15, 0.2) is 0 Å². The van der Waals surface area contributed by atoms with Crippen LogP contribution in [0, 0.1) is 0 Å². The first-order valence-electron chi connectivity index (χ1n) is 8.81. The summed E-state index contributed by atoms with van der Waals surface area (Å²) in [4.78, 5) is 12.0. The summed E-state index contributed by atoms with van der Waals surface area (Å²) in [5, 5.41) is 5.68. The maximum absolute atomic E-state index is 12.0. The first-order chi connectivity index (χ1) is 12.7. The molecule has 0 bridgehead atoms. The van der Waals surface area contributed by atoms with Crippen molar-refractivity contribution in [1.82, 2.24) is 4.57 Å². The van der Waals surface area contributed by atoms with Crippen LogP contribution in [0.1, 0.15) is 18.5 Å². The maximum atomic E-state index is 12.0. The Kier molecular flexibility index (Phi) is 4.09. The molecule has 3 N–H and O–H groups in total. The molecular formula is C22H21N3O. The van der Waals surface area contributed by atoms with Gasteiger partial charge in [-0.2, -0.15) is 0 Å². The van der Waals surface area contributed by atoms with E-state index in [4.69, 9.17) is 5.73 Å². The summed E-state index contributed by atoms with van der Waals surface area (Å²) in [6.07, 6.45) is 0. The van der Waals surface area contributed by atoms with E-state index in [1.807, 2.05) is 36.4 Å². The molecule has 0 radical (unpaired) electrons. The summed E-state index contributed by atoms with van der Waals surface area (Å²) in [6, 6.07) is 23.6. The molecule has 0 aliphatic carbocycles. The second-order valence-electron chi connectivity index (χ2n) is 6.38. The molecule has 0 spiro atoms. The summed E-state index contributed by atoms with van der Waals surface area (Å²) >= 11 is 0. The van der Waals surface area contributed by atoms with Gasteiger partial charge < -0.3 is 15.6 Å². The van der Waals surface area contributed by atoms with Crippen LogP contribution in [0.2, 0.25) is 0 Å². The normalized spacial score (nSPS) is 12.3. The van der Waals surface area contributed by atoms with Gasteiger partial charge in [-0.05, 0) is 36.8 Å². The lowest BCUT2D eigenvalue weighted by atomic mass is 10.1. The Morgan fingerprint density at radius 1 is 0.962 bits per heavy atom. The van der Waals surface area contributed by atoms with Crippen molar-refractivity contribution in [2.75, 3.05) is 5.32 Å². The van der Waals surface area contributed by atoms with Crippen LogP contribution in [0.3, 0.4) is 0 Å². The fourth-order valence-electron chi connectivity index (χ4n) is 3.62. The molecule has 4 nitrogen and oxygen atoms in total. The summed E-state index contributed by atoms with van der Waals surface area (Å²) in [5.41, 5.74) is 9.78. The SMILES string of the molecule is CCn1c2ccccc2c2cc(N[C@@H](C(N)=O)c3ccccc3)ccc21. The van der Waals surface area contributed by atoms with Crippen LogP contribution < -0.4 is 11.1 Å². The van der Waals surface area contributed by atoms with Gasteiger partial charge in [0.25, 0.3) is 0 Å². The zero-order chi connectivity index (χ0) is 18.1.